The number of nitro groups is 1. The van der Waals surface area contributed by atoms with Crippen molar-refractivity contribution < 1.29 is 29.2 Å². The molecule has 0 spiro atoms. The van der Waals surface area contributed by atoms with E-state index in [-0.39, 0.29) is 39.7 Å². The number of anilines is 1. The quantitative estimate of drug-likeness (QED) is 0.377. The molecule has 166 valence electrons. The van der Waals surface area contributed by atoms with E-state index in [0.29, 0.717) is 5.69 Å². The minimum atomic E-state index is -1.12. The van der Waals surface area contributed by atoms with E-state index in [1.54, 1.807) is 6.92 Å². The lowest BCUT2D eigenvalue weighted by Crippen LogP contribution is -2.48. The molecule has 2 amide bonds. The van der Waals surface area contributed by atoms with Crippen LogP contribution in [0.1, 0.15) is 35.8 Å². The Balaban J connectivity index is 2.14. The number of rotatable bonds is 6. The fourth-order valence-corrected chi connectivity index (χ4v) is 3.57. The van der Waals surface area contributed by atoms with E-state index < -0.39 is 28.9 Å². The monoisotopic (exact) mass is 459 g/mol. The highest BCUT2D eigenvalue weighted by atomic mass is 35.5. The van der Waals surface area contributed by atoms with E-state index in [1.165, 1.54) is 54.3 Å². The van der Waals surface area contributed by atoms with Gasteiger partial charge in [0, 0.05) is 11.8 Å². The van der Waals surface area contributed by atoms with Gasteiger partial charge in [-0.25, -0.2) is 14.4 Å². The van der Waals surface area contributed by atoms with Crippen molar-refractivity contribution in [1.29, 1.82) is 0 Å². The predicted octanol–water partition coefficient (Wildman–Crippen LogP) is 4.05. The zero-order valence-electron chi connectivity index (χ0n) is 17.0. The van der Waals surface area contributed by atoms with Crippen molar-refractivity contribution in [3.05, 3.63) is 80.0 Å². The van der Waals surface area contributed by atoms with Crippen LogP contribution in [0.15, 0.2) is 53.7 Å². The van der Waals surface area contributed by atoms with E-state index in [1.807, 2.05) is 0 Å². The molecule has 0 fully saturated rings. The molecule has 2 aromatic carbocycles. The molecule has 0 bridgehead atoms. The molecule has 0 radical (unpaired) electrons. The lowest BCUT2D eigenvalue weighted by Gasteiger charge is -2.35. The van der Waals surface area contributed by atoms with Crippen molar-refractivity contribution in [2.45, 2.75) is 19.9 Å². The molecule has 1 heterocycles. The van der Waals surface area contributed by atoms with E-state index >= 15 is 0 Å². The van der Waals surface area contributed by atoms with Gasteiger partial charge in [0.1, 0.15) is 5.02 Å². The largest absolute Gasteiger partial charge is 0.478 e. The molecule has 0 unspecified atom stereocenters. The predicted molar refractivity (Wildman–Crippen MR) is 115 cm³/mol. The third kappa shape index (κ3) is 4.26. The number of esters is 1. The van der Waals surface area contributed by atoms with E-state index in [4.69, 9.17) is 21.4 Å². The smallest absolute Gasteiger partial charge is 0.338 e. The van der Waals surface area contributed by atoms with Gasteiger partial charge in [0.25, 0.3) is 5.69 Å². The summed E-state index contributed by atoms with van der Waals surface area (Å²) >= 11 is 5.89. The molecule has 0 aliphatic carbocycles. The topological polar surface area (TPSA) is 139 Å². The Morgan fingerprint density at radius 1 is 1.25 bits per heavy atom. The summed E-state index contributed by atoms with van der Waals surface area (Å²) in [4.78, 5) is 48.7. The first-order valence-electron chi connectivity index (χ1n) is 9.41. The highest BCUT2D eigenvalue weighted by Gasteiger charge is 2.38. The van der Waals surface area contributed by atoms with Gasteiger partial charge < -0.3 is 15.2 Å². The first kappa shape index (κ1) is 22.8. The second-order valence-corrected chi connectivity index (χ2v) is 7.16. The highest BCUT2D eigenvalue weighted by molar-refractivity contribution is 6.32. The van der Waals surface area contributed by atoms with E-state index in [2.05, 4.69) is 5.32 Å². The number of hydrogen-bond acceptors (Lipinski definition) is 6. The molecule has 1 atom stereocenters. The summed E-state index contributed by atoms with van der Waals surface area (Å²) < 4.78 is 5.16. The number of aromatic carboxylic acids is 1. The number of carbonyl (C=O) groups excluding carboxylic acids is 2. The van der Waals surface area contributed by atoms with Crippen molar-refractivity contribution in [3.63, 3.8) is 0 Å². The Bertz CT molecular complexity index is 1140. The molecular weight excluding hydrogens is 442 g/mol. The minimum absolute atomic E-state index is 0.0322. The molecular formula is C21H18ClN3O7. The summed E-state index contributed by atoms with van der Waals surface area (Å²) in [7, 11) is 0. The van der Waals surface area contributed by atoms with Gasteiger partial charge in [-0.2, -0.15) is 0 Å². The number of halogens is 1. The number of nitrogens with one attached hydrogen (secondary N) is 1. The molecule has 0 aromatic heterocycles. The fraction of sp³-hybridized carbons (Fsp3) is 0.190. The molecule has 11 heteroatoms. The van der Waals surface area contributed by atoms with Gasteiger partial charge in [-0.3, -0.25) is 15.0 Å². The Morgan fingerprint density at radius 3 is 2.47 bits per heavy atom. The number of benzene rings is 2. The third-order valence-electron chi connectivity index (χ3n) is 4.85. The van der Waals surface area contributed by atoms with Gasteiger partial charge in [0.2, 0.25) is 0 Å². The lowest BCUT2D eigenvalue weighted by atomic mass is 9.94. The molecule has 1 aliphatic rings. The van der Waals surface area contributed by atoms with Crippen LogP contribution < -0.4 is 10.2 Å². The van der Waals surface area contributed by atoms with Crippen LogP contribution in [0.4, 0.5) is 16.2 Å². The second-order valence-electron chi connectivity index (χ2n) is 6.76. The van der Waals surface area contributed by atoms with Crippen LogP contribution >= 0.6 is 11.6 Å². The number of ether oxygens (including phenoxy) is 1. The van der Waals surface area contributed by atoms with Gasteiger partial charge in [0.05, 0.1) is 34.4 Å². The van der Waals surface area contributed by atoms with Crippen LogP contribution in [0, 0.1) is 10.1 Å². The van der Waals surface area contributed by atoms with Crippen molar-refractivity contribution in [2.75, 3.05) is 11.5 Å². The maximum atomic E-state index is 13.0. The number of carboxylic acids is 1. The van der Waals surface area contributed by atoms with Gasteiger partial charge in [-0.1, -0.05) is 17.7 Å². The summed E-state index contributed by atoms with van der Waals surface area (Å²) in [6.45, 7) is 3.23. The Kier molecular flexibility index (Phi) is 6.45. The number of carbonyl (C=O) groups is 3. The van der Waals surface area contributed by atoms with Crippen molar-refractivity contribution in [2.24, 2.45) is 0 Å². The third-order valence-corrected chi connectivity index (χ3v) is 5.17. The summed E-state index contributed by atoms with van der Waals surface area (Å²) in [6, 6.07) is 7.88. The second kappa shape index (κ2) is 9.06. The van der Waals surface area contributed by atoms with Crippen LogP contribution in [0.25, 0.3) is 0 Å². The van der Waals surface area contributed by atoms with E-state index in [9.17, 15) is 24.5 Å². The average molecular weight is 460 g/mol. The molecule has 1 aliphatic heterocycles. The van der Waals surface area contributed by atoms with Crippen LogP contribution in [-0.4, -0.2) is 34.6 Å². The number of hydrogen-bond donors (Lipinski definition) is 2. The molecule has 0 saturated carbocycles. The standard InChI is InChI=1S/C21H18ClN3O7/c1-3-32-20(28)17-11(2)24(14-7-4-12(5-8-14)19(26)27)21(29)23-18(17)13-6-9-15(22)16(10-13)25(30)31/h4-10,18H,3H2,1-2H3,(H,23,29)(H,26,27)/t18-/m0/s1. The van der Waals surface area contributed by atoms with Crippen LogP contribution in [0.2, 0.25) is 5.02 Å². The molecule has 2 N–H and O–H groups in total. The first-order valence-corrected chi connectivity index (χ1v) is 9.79. The van der Waals surface area contributed by atoms with Gasteiger partial charge in [-0.15, -0.1) is 0 Å². The maximum absolute atomic E-state index is 13.0. The normalized spacial score (nSPS) is 15.9. The van der Waals surface area contributed by atoms with Crippen molar-refractivity contribution in [3.8, 4) is 0 Å². The summed E-state index contributed by atoms with van der Waals surface area (Å²) in [5, 5.41) is 23.0. The Hall–Kier alpha value is -3.92. The molecule has 10 nitrogen and oxygen atoms in total. The van der Waals surface area contributed by atoms with Crippen molar-refractivity contribution in [1.82, 2.24) is 5.32 Å². The summed E-state index contributed by atoms with van der Waals surface area (Å²) in [6.07, 6.45) is 0. The van der Waals surface area contributed by atoms with Gasteiger partial charge in [0.15, 0.2) is 0 Å². The number of nitrogens with zero attached hydrogens (tertiary/aromatic N) is 2. The number of urea groups is 1. The molecule has 0 saturated heterocycles. The first-order chi connectivity index (χ1) is 15.1. The lowest BCUT2D eigenvalue weighted by molar-refractivity contribution is -0.384. The number of amides is 2. The van der Waals surface area contributed by atoms with E-state index in [0.717, 1.165) is 0 Å². The maximum Gasteiger partial charge on any atom is 0.338 e. The molecule has 32 heavy (non-hydrogen) atoms. The van der Waals surface area contributed by atoms with Gasteiger partial charge >= 0.3 is 18.0 Å². The number of nitro benzene ring substituents is 1. The van der Waals surface area contributed by atoms with Crippen LogP contribution in [0.3, 0.4) is 0 Å². The minimum Gasteiger partial charge on any atom is -0.478 e. The SMILES string of the molecule is CCOC(=O)C1=C(C)N(c2ccc(C(=O)O)cc2)C(=O)N[C@H]1c1ccc(Cl)c([N+](=O)[O-])c1. The summed E-state index contributed by atoms with van der Waals surface area (Å²) in [5.74, 6) is -1.83. The average Bonchev–Trinajstić information content (AvgIpc) is 2.74. The van der Waals surface area contributed by atoms with Crippen molar-refractivity contribution >= 4 is 40.9 Å². The van der Waals surface area contributed by atoms with Gasteiger partial charge in [-0.05, 0) is 49.7 Å². The Morgan fingerprint density at radius 2 is 1.91 bits per heavy atom. The van der Waals surface area contributed by atoms with Crippen LogP contribution in [0.5, 0.6) is 0 Å². The molecule has 3 rings (SSSR count). The number of allylic oxidation sites excluding steroid dienone is 1. The fourth-order valence-electron chi connectivity index (χ4n) is 3.38. The highest BCUT2D eigenvalue weighted by Crippen LogP contribution is 2.36. The Labute approximate surface area is 187 Å². The summed E-state index contributed by atoms with van der Waals surface area (Å²) in [5.41, 5.74) is 0.573. The molecule has 2 aromatic rings. The number of carboxylic acid groups (broad SMARTS) is 1. The zero-order valence-corrected chi connectivity index (χ0v) is 17.8. The zero-order chi connectivity index (χ0) is 23.6. The van der Waals surface area contributed by atoms with Crippen LogP contribution in [-0.2, 0) is 9.53 Å².